The minimum atomic E-state index is -0.162. The summed E-state index contributed by atoms with van der Waals surface area (Å²) in [6.45, 7) is 0.188. The van der Waals surface area contributed by atoms with E-state index in [2.05, 4.69) is 4.74 Å². The number of esters is 1. The van der Waals surface area contributed by atoms with Crippen molar-refractivity contribution in [2.75, 3.05) is 13.7 Å². The number of carbonyl (C=O) groups excluding carboxylic acids is 1. The molecular formula is C9H16O3. The molecule has 12 heavy (non-hydrogen) atoms. The number of rotatable bonds is 6. The van der Waals surface area contributed by atoms with Crippen LogP contribution in [0.25, 0.3) is 0 Å². The lowest BCUT2D eigenvalue weighted by Gasteiger charge is -1.95. The predicted octanol–water partition coefficient (Wildman–Crippen LogP) is 1.27. The zero-order chi connectivity index (χ0) is 9.23. The lowest BCUT2D eigenvalue weighted by Crippen LogP contribution is -1.98. The van der Waals surface area contributed by atoms with Crippen molar-refractivity contribution in [3.05, 3.63) is 12.2 Å². The van der Waals surface area contributed by atoms with Gasteiger partial charge < -0.3 is 9.84 Å². The van der Waals surface area contributed by atoms with Crippen LogP contribution in [0, 0.1) is 0 Å². The Morgan fingerprint density at radius 3 is 2.67 bits per heavy atom. The number of aliphatic hydroxyl groups excluding tert-OH is 1. The van der Waals surface area contributed by atoms with Crippen LogP contribution >= 0.6 is 0 Å². The number of carbonyl (C=O) groups is 1. The Bertz CT molecular complexity index is 141. The van der Waals surface area contributed by atoms with Crippen molar-refractivity contribution in [2.45, 2.75) is 25.7 Å². The fourth-order valence-electron chi connectivity index (χ4n) is 0.777. The van der Waals surface area contributed by atoms with Crippen LogP contribution in [0.15, 0.2) is 12.2 Å². The molecule has 0 amide bonds. The maximum Gasteiger partial charge on any atom is 0.305 e. The van der Waals surface area contributed by atoms with Crippen LogP contribution in [0.2, 0.25) is 0 Å². The van der Waals surface area contributed by atoms with E-state index < -0.39 is 0 Å². The maximum atomic E-state index is 10.6. The molecule has 1 N–H and O–H groups in total. The van der Waals surface area contributed by atoms with Crippen molar-refractivity contribution in [1.29, 1.82) is 0 Å². The third-order valence-corrected chi connectivity index (χ3v) is 1.44. The van der Waals surface area contributed by atoms with E-state index in [0.29, 0.717) is 12.8 Å². The van der Waals surface area contributed by atoms with E-state index >= 15 is 0 Å². The van der Waals surface area contributed by atoms with E-state index in [1.165, 1.54) is 7.11 Å². The molecule has 0 aliphatic rings. The fourth-order valence-corrected chi connectivity index (χ4v) is 0.777. The van der Waals surface area contributed by atoms with Gasteiger partial charge in [-0.2, -0.15) is 0 Å². The molecule has 0 saturated heterocycles. The molecule has 0 aromatic rings. The summed E-state index contributed by atoms with van der Waals surface area (Å²) < 4.78 is 4.47. The molecule has 0 saturated carbocycles. The Balaban J connectivity index is 3.15. The zero-order valence-electron chi connectivity index (χ0n) is 7.45. The van der Waals surface area contributed by atoms with Gasteiger partial charge in [0, 0.05) is 13.0 Å². The average Bonchev–Trinajstić information content (AvgIpc) is 2.10. The minimum Gasteiger partial charge on any atom is -0.469 e. The molecule has 0 radical (unpaired) electrons. The highest BCUT2D eigenvalue weighted by atomic mass is 16.5. The highest BCUT2D eigenvalue weighted by molar-refractivity contribution is 5.68. The molecule has 0 atom stereocenters. The number of unbranched alkanes of at least 4 members (excludes halogenated alkanes) is 1. The SMILES string of the molecule is COC(=O)CCCC=CCCO. The third kappa shape index (κ3) is 7.28. The van der Waals surface area contributed by atoms with Crippen LogP contribution in [0.4, 0.5) is 0 Å². The van der Waals surface area contributed by atoms with Crippen molar-refractivity contribution in [3.8, 4) is 0 Å². The molecule has 0 fully saturated rings. The summed E-state index contributed by atoms with van der Waals surface area (Å²) in [5, 5.41) is 8.42. The summed E-state index contributed by atoms with van der Waals surface area (Å²) in [6.07, 6.45) is 6.73. The molecule has 0 spiro atoms. The third-order valence-electron chi connectivity index (χ3n) is 1.44. The quantitative estimate of drug-likeness (QED) is 0.373. The van der Waals surface area contributed by atoms with E-state index in [1.54, 1.807) is 0 Å². The van der Waals surface area contributed by atoms with Crippen molar-refractivity contribution >= 4 is 5.97 Å². The van der Waals surface area contributed by atoms with Crippen LogP contribution in [0.1, 0.15) is 25.7 Å². The van der Waals surface area contributed by atoms with Gasteiger partial charge in [0.2, 0.25) is 0 Å². The topological polar surface area (TPSA) is 46.5 Å². The van der Waals surface area contributed by atoms with Gasteiger partial charge in [0.25, 0.3) is 0 Å². The molecule has 0 aliphatic carbocycles. The molecule has 3 nitrogen and oxygen atoms in total. The number of ether oxygens (including phenoxy) is 1. The first-order chi connectivity index (χ1) is 5.81. The lowest BCUT2D eigenvalue weighted by atomic mass is 10.2. The number of hydrogen-bond donors (Lipinski definition) is 1. The summed E-state index contributed by atoms with van der Waals surface area (Å²) in [5.74, 6) is -0.162. The molecule has 3 heteroatoms. The first-order valence-electron chi connectivity index (χ1n) is 4.14. The summed E-state index contributed by atoms with van der Waals surface area (Å²) in [7, 11) is 1.39. The van der Waals surface area contributed by atoms with Crippen LogP contribution < -0.4 is 0 Å². The summed E-state index contributed by atoms with van der Waals surface area (Å²) in [5.41, 5.74) is 0. The highest BCUT2D eigenvalue weighted by Gasteiger charge is 1.96. The van der Waals surface area contributed by atoms with E-state index in [9.17, 15) is 4.79 Å². The second-order valence-corrected chi connectivity index (χ2v) is 2.45. The largest absolute Gasteiger partial charge is 0.469 e. The molecular weight excluding hydrogens is 156 g/mol. The van der Waals surface area contributed by atoms with E-state index in [4.69, 9.17) is 5.11 Å². The van der Waals surface area contributed by atoms with Crippen molar-refractivity contribution in [3.63, 3.8) is 0 Å². The monoisotopic (exact) mass is 172 g/mol. The van der Waals surface area contributed by atoms with Crippen LogP contribution in [-0.4, -0.2) is 24.8 Å². The van der Waals surface area contributed by atoms with Crippen molar-refractivity contribution in [2.24, 2.45) is 0 Å². The first-order valence-corrected chi connectivity index (χ1v) is 4.14. The standard InChI is InChI=1S/C9H16O3/c1-12-9(11)7-5-3-2-4-6-8-10/h2,4,10H,3,5-8H2,1H3. The Morgan fingerprint density at radius 2 is 2.08 bits per heavy atom. The van der Waals surface area contributed by atoms with Gasteiger partial charge in [-0.15, -0.1) is 0 Å². The smallest absolute Gasteiger partial charge is 0.305 e. The number of hydrogen-bond acceptors (Lipinski definition) is 3. The number of methoxy groups -OCH3 is 1. The Kier molecular flexibility index (Phi) is 7.70. The minimum absolute atomic E-state index is 0.162. The molecule has 0 aromatic heterocycles. The van der Waals surface area contributed by atoms with E-state index in [-0.39, 0.29) is 12.6 Å². The normalized spacial score (nSPS) is 10.5. The van der Waals surface area contributed by atoms with Crippen LogP contribution in [0.3, 0.4) is 0 Å². The van der Waals surface area contributed by atoms with E-state index in [1.807, 2.05) is 12.2 Å². The van der Waals surface area contributed by atoms with Crippen LogP contribution in [-0.2, 0) is 9.53 Å². The lowest BCUT2D eigenvalue weighted by molar-refractivity contribution is -0.140. The number of aliphatic hydroxyl groups is 1. The molecule has 0 unspecified atom stereocenters. The van der Waals surface area contributed by atoms with Gasteiger partial charge in [0.05, 0.1) is 7.11 Å². The van der Waals surface area contributed by atoms with Crippen molar-refractivity contribution < 1.29 is 14.6 Å². The molecule has 0 aliphatic heterocycles. The molecule has 0 bridgehead atoms. The molecule has 0 rings (SSSR count). The molecule has 0 heterocycles. The Morgan fingerprint density at radius 1 is 1.42 bits per heavy atom. The summed E-state index contributed by atoms with van der Waals surface area (Å²) in [6, 6.07) is 0. The molecule has 0 aromatic carbocycles. The zero-order valence-corrected chi connectivity index (χ0v) is 7.45. The summed E-state index contributed by atoms with van der Waals surface area (Å²) in [4.78, 5) is 10.6. The maximum absolute atomic E-state index is 10.6. The highest BCUT2D eigenvalue weighted by Crippen LogP contribution is 1.98. The van der Waals surface area contributed by atoms with Gasteiger partial charge in [0.15, 0.2) is 0 Å². The first kappa shape index (κ1) is 11.2. The van der Waals surface area contributed by atoms with Crippen molar-refractivity contribution in [1.82, 2.24) is 0 Å². The second kappa shape index (κ2) is 8.27. The van der Waals surface area contributed by atoms with Gasteiger partial charge in [-0.3, -0.25) is 4.79 Å². The summed E-state index contributed by atoms with van der Waals surface area (Å²) >= 11 is 0. The fraction of sp³-hybridized carbons (Fsp3) is 0.667. The van der Waals surface area contributed by atoms with Crippen LogP contribution in [0.5, 0.6) is 0 Å². The van der Waals surface area contributed by atoms with Gasteiger partial charge in [-0.05, 0) is 19.3 Å². The second-order valence-electron chi connectivity index (χ2n) is 2.45. The average molecular weight is 172 g/mol. The molecule has 70 valence electrons. The van der Waals surface area contributed by atoms with Gasteiger partial charge in [-0.1, -0.05) is 12.2 Å². The Labute approximate surface area is 73.0 Å². The van der Waals surface area contributed by atoms with E-state index in [0.717, 1.165) is 12.8 Å². The van der Waals surface area contributed by atoms with Gasteiger partial charge in [0.1, 0.15) is 0 Å². The van der Waals surface area contributed by atoms with Gasteiger partial charge in [-0.25, -0.2) is 0 Å². The Hall–Kier alpha value is -0.830. The number of allylic oxidation sites excluding steroid dienone is 1. The van der Waals surface area contributed by atoms with Gasteiger partial charge >= 0.3 is 5.97 Å². The predicted molar refractivity (Wildman–Crippen MR) is 46.7 cm³/mol.